The van der Waals surface area contributed by atoms with E-state index in [0.29, 0.717) is 6.42 Å². The summed E-state index contributed by atoms with van der Waals surface area (Å²) in [6.07, 6.45) is 0.742. The summed E-state index contributed by atoms with van der Waals surface area (Å²) >= 11 is 0. The van der Waals surface area contributed by atoms with Gasteiger partial charge in [0.1, 0.15) is 5.82 Å². The van der Waals surface area contributed by atoms with Crippen molar-refractivity contribution in [2.75, 3.05) is 0 Å². The van der Waals surface area contributed by atoms with E-state index in [1.807, 2.05) is 17.7 Å². The molecule has 19 heavy (non-hydrogen) atoms. The van der Waals surface area contributed by atoms with Crippen molar-refractivity contribution in [3.05, 3.63) is 53.1 Å². The molecule has 0 fully saturated rings. The van der Waals surface area contributed by atoms with Crippen molar-refractivity contribution in [3.63, 3.8) is 0 Å². The van der Waals surface area contributed by atoms with Gasteiger partial charge in [0.05, 0.1) is 11.8 Å². The van der Waals surface area contributed by atoms with Crippen molar-refractivity contribution in [2.24, 2.45) is 0 Å². The molecular formula is C15H19FN2O. The van der Waals surface area contributed by atoms with Crippen molar-refractivity contribution < 1.29 is 9.50 Å². The van der Waals surface area contributed by atoms with Gasteiger partial charge in [-0.05, 0) is 37.1 Å². The molecule has 3 nitrogen and oxygen atoms in total. The Morgan fingerprint density at radius 1 is 1.26 bits per heavy atom. The van der Waals surface area contributed by atoms with E-state index in [2.05, 4.69) is 12.0 Å². The summed E-state index contributed by atoms with van der Waals surface area (Å²) in [5, 5.41) is 14.7. The SMILES string of the molecule is CCc1cc(CC(O)c2ccc(F)cc2)n(CC)n1. The van der Waals surface area contributed by atoms with Crippen LogP contribution in [0.2, 0.25) is 0 Å². The molecule has 0 amide bonds. The molecule has 2 aromatic rings. The molecule has 1 atom stereocenters. The molecule has 0 radical (unpaired) electrons. The maximum Gasteiger partial charge on any atom is 0.123 e. The fourth-order valence-corrected chi connectivity index (χ4v) is 2.13. The largest absolute Gasteiger partial charge is 0.388 e. The Morgan fingerprint density at radius 3 is 2.53 bits per heavy atom. The Hall–Kier alpha value is -1.68. The van der Waals surface area contributed by atoms with Crippen LogP contribution in [-0.2, 0) is 19.4 Å². The van der Waals surface area contributed by atoms with E-state index in [1.54, 1.807) is 12.1 Å². The average molecular weight is 262 g/mol. The van der Waals surface area contributed by atoms with E-state index in [9.17, 15) is 9.50 Å². The molecule has 4 heteroatoms. The van der Waals surface area contributed by atoms with Crippen LogP contribution in [0.1, 0.15) is 36.9 Å². The number of aliphatic hydroxyl groups is 1. The molecule has 1 aromatic carbocycles. The highest BCUT2D eigenvalue weighted by molar-refractivity contribution is 5.21. The Morgan fingerprint density at radius 2 is 1.95 bits per heavy atom. The van der Waals surface area contributed by atoms with E-state index < -0.39 is 6.10 Å². The van der Waals surface area contributed by atoms with Crippen molar-refractivity contribution in [1.29, 1.82) is 0 Å². The summed E-state index contributed by atoms with van der Waals surface area (Å²) in [7, 11) is 0. The van der Waals surface area contributed by atoms with Gasteiger partial charge in [0.25, 0.3) is 0 Å². The second-order valence-electron chi connectivity index (χ2n) is 4.57. The molecule has 0 saturated heterocycles. The highest BCUT2D eigenvalue weighted by Gasteiger charge is 2.13. The van der Waals surface area contributed by atoms with Gasteiger partial charge >= 0.3 is 0 Å². The van der Waals surface area contributed by atoms with Gasteiger partial charge in [-0.1, -0.05) is 19.1 Å². The summed E-state index contributed by atoms with van der Waals surface area (Å²) in [6.45, 7) is 4.87. The lowest BCUT2D eigenvalue weighted by Gasteiger charge is -2.11. The van der Waals surface area contributed by atoms with E-state index in [-0.39, 0.29) is 5.82 Å². The quantitative estimate of drug-likeness (QED) is 0.899. The van der Waals surface area contributed by atoms with Gasteiger partial charge in [-0.2, -0.15) is 5.10 Å². The van der Waals surface area contributed by atoms with Crippen LogP contribution in [-0.4, -0.2) is 14.9 Å². The average Bonchev–Trinajstić information content (AvgIpc) is 2.81. The standard InChI is InChI=1S/C15H19FN2O/c1-3-13-9-14(18(4-2)17-13)10-15(19)11-5-7-12(16)8-6-11/h5-9,15,19H,3-4,10H2,1-2H3. The van der Waals surface area contributed by atoms with Gasteiger partial charge in [-0.3, -0.25) is 4.68 Å². The van der Waals surface area contributed by atoms with Gasteiger partial charge in [0.2, 0.25) is 0 Å². The van der Waals surface area contributed by atoms with Crippen molar-refractivity contribution in [2.45, 2.75) is 39.3 Å². The number of aliphatic hydroxyl groups excluding tert-OH is 1. The number of rotatable bonds is 5. The Bertz CT molecular complexity index is 534. The molecule has 0 aliphatic rings. The first kappa shape index (κ1) is 13.7. The molecule has 0 bridgehead atoms. The third-order valence-corrected chi connectivity index (χ3v) is 3.23. The first-order valence-electron chi connectivity index (χ1n) is 6.63. The molecule has 0 aliphatic carbocycles. The van der Waals surface area contributed by atoms with Crippen LogP contribution in [0.5, 0.6) is 0 Å². The lowest BCUT2D eigenvalue weighted by molar-refractivity contribution is 0.175. The van der Waals surface area contributed by atoms with Crippen LogP contribution in [0.25, 0.3) is 0 Å². The van der Waals surface area contributed by atoms with E-state index in [4.69, 9.17) is 0 Å². The molecular weight excluding hydrogens is 243 g/mol. The van der Waals surface area contributed by atoms with E-state index in [1.165, 1.54) is 12.1 Å². The highest BCUT2D eigenvalue weighted by Crippen LogP contribution is 2.19. The molecule has 1 unspecified atom stereocenters. The third-order valence-electron chi connectivity index (χ3n) is 3.23. The van der Waals surface area contributed by atoms with Crippen LogP contribution >= 0.6 is 0 Å². The minimum absolute atomic E-state index is 0.289. The van der Waals surface area contributed by atoms with Crippen LogP contribution in [0.15, 0.2) is 30.3 Å². The van der Waals surface area contributed by atoms with Crippen LogP contribution in [0.3, 0.4) is 0 Å². The van der Waals surface area contributed by atoms with E-state index in [0.717, 1.165) is 29.9 Å². The Kier molecular flexibility index (Phi) is 4.32. The van der Waals surface area contributed by atoms with Crippen LogP contribution in [0.4, 0.5) is 4.39 Å². The lowest BCUT2D eigenvalue weighted by atomic mass is 10.0. The summed E-state index contributed by atoms with van der Waals surface area (Å²) in [5.74, 6) is -0.289. The number of aryl methyl sites for hydroxylation is 2. The molecule has 1 N–H and O–H groups in total. The predicted octanol–water partition coefficient (Wildman–Crippen LogP) is 2.88. The zero-order chi connectivity index (χ0) is 13.8. The summed E-state index contributed by atoms with van der Waals surface area (Å²) in [6, 6.07) is 8.00. The zero-order valence-electron chi connectivity index (χ0n) is 11.3. The second kappa shape index (κ2) is 5.97. The molecule has 0 saturated carbocycles. The number of hydrogen-bond acceptors (Lipinski definition) is 2. The minimum atomic E-state index is -0.632. The summed E-state index contributed by atoms with van der Waals surface area (Å²) in [5.41, 5.74) is 2.77. The van der Waals surface area contributed by atoms with Crippen LogP contribution < -0.4 is 0 Å². The minimum Gasteiger partial charge on any atom is -0.388 e. The van der Waals surface area contributed by atoms with E-state index >= 15 is 0 Å². The normalized spacial score (nSPS) is 12.6. The Balaban J connectivity index is 2.15. The second-order valence-corrected chi connectivity index (χ2v) is 4.57. The molecule has 2 rings (SSSR count). The maximum absolute atomic E-state index is 12.8. The topological polar surface area (TPSA) is 38.0 Å². The van der Waals surface area contributed by atoms with Crippen molar-refractivity contribution in [3.8, 4) is 0 Å². The fourth-order valence-electron chi connectivity index (χ4n) is 2.13. The number of benzene rings is 1. The summed E-state index contributed by atoms with van der Waals surface area (Å²) in [4.78, 5) is 0. The monoisotopic (exact) mass is 262 g/mol. The first-order valence-corrected chi connectivity index (χ1v) is 6.63. The number of hydrogen-bond donors (Lipinski definition) is 1. The zero-order valence-corrected chi connectivity index (χ0v) is 11.3. The third kappa shape index (κ3) is 3.20. The van der Waals surface area contributed by atoms with Gasteiger partial charge in [0, 0.05) is 18.7 Å². The fraction of sp³-hybridized carbons (Fsp3) is 0.400. The van der Waals surface area contributed by atoms with Crippen molar-refractivity contribution >= 4 is 0 Å². The number of nitrogens with zero attached hydrogens (tertiary/aromatic N) is 2. The van der Waals surface area contributed by atoms with Crippen LogP contribution in [0, 0.1) is 5.82 Å². The van der Waals surface area contributed by atoms with Gasteiger partial charge in [0.15, 0.2) is 0 Å². The van der Waals surface area contributed by atoms with Gasteiger partial charge in [-0.15, -0.1) is 0 Å². The maximum atomic E-state index is 12.8. The Labute approximate surface area is 112 Å². The smallest absolute Gasteiger partial charge is 0.123 e. The molecule has 0 spiro atoms. The van der Waals surface area contributed by atoms with Gasteiger partial charge in [-0.25, -0.2) is 4.39 Å². The van der Waals surface area contributed by atoms with Gasteiger partial charge < -0.3 is 5.11 Å². The highest BCUT2D eigenvalue weighted by atomic mass is 19.1. The lowest BCUT2D eigenvalue weighted by Crippen LogP contribution is -2.08. The summed E-state index contributed by atoms with van der Waals surface area (Å²) < 4.78 is 14.8. The molecule has 1 aromatic heterocycles. The predicted molar refractivity (Wildman–Crippen MR) is 72.3 cm³/mol. The number of halogens is 1. The first-order chi connectivity index (χ1) is 9.13. The van der Waals surface area contributed by atoms with Crippen molar-refractivity contribution in [1.82, 2.24) is 9.78 Å². The molecule has 0 aliphatic heterocycles. The molecule has 1 heterocycles. The molecule has 102 valence electrons. The number of aromatic nitrogens is 2.